The zero-order valence-corrected chi connectivity index (χ0v) is 12.1. The second-order valence-electron chi connectivity index (χ2n) is 4.86. The van der Waals surface area contributed by atoms with Crippen LogP contribution in [0.2, 0.25) is 0 Å². The summed E-state index contributed by atoms with van der Waals surface area (Å²) < 4.78 is 5.58. The molecule has 22 heavy (non-hydrogen) atoms. The van der Waals surface area contributed by atoms with Gasteiger partial charge in [-0.2, -0.15) is 0 Å². The molecule has 3 rings (SSSR count). The van der Waals surface area contributed by atoms with Crippen molar-refractivity contribution in [3.63, 3.8) is 0 Å². The van der Waals surface area contributed by atoms with Crippen LogP contribution in [0.15, 0.2) is 48.5 Å². The Morgan fingerprint density at radius 1 is 0.955 bits per heavy atom. The molecule has 0 fully saturated rings. The summed E-state index contributed by atoms with van der Waals surface area (Å²) in [5.74, 6) is -0.0504. The molecule has 4 nitrogen and oxygen atoms in total. The Morgan fingerprint density at radius 2 is 1.64 bits per heavy atom. The summed E-state index contributed by atoms with van der Waals surface area (Å²) in [6.45, 7) is 2.45. The smallest absolute Gasteiger partial charge is 0.258 e. The zero-order chi connectivity index (χ0) is 15.5. The van der Waals surface area contributed by atoms with Crippen molar-refractivity contribution in [2.24, 2.45) is 0 Å². The van der Waals surface area contributed by atoms with E-state index in [0.29, 0.717) is 29.1 Å². The fourth-order valence-electron chi connectivity index (χ4n) is 2.46. The van der Waals surface area contributed by atoms with E-state index >= 15 is 0 Å². The number of benzene rings is 2. The summed E-state index contributed by atoms with van der Waals surface area (Å²) in [5, 5.41) is 2.37. The fraction of sp³-hybridized carbons (Fsp3) is 0.111. The molecule has 110 valence electrons. The number of hydrogen-bond acceptors (Lipinski definition) is 3. The van der Waals surface area contributed by atoms with Gasteiger partial charge in [0.25, 0.3) is 11.8 Å². The average Bonchev–Trinajstić information content (AvgIpc) is 2.53. The molecule has 0 aliphatic carbocycles. The number of rotatable bonds is 3. The molecule has 0 saturated heterocycles. The molecule has 1 aliphatic heterocycles. The Hall–Kier alpha value is -2.88. The van der Waals surface area contributed by atoms with Crippen molar-refractivity contribution in [2.75, 3.05) is 6.61 Å². The van der Waals surface area contributed by atoms with Gasteiger partial charge in [-0.05, 0) is 30.7 Å². The van der Waals surface area contributed by atoms with Gasteiger partial charge in [-0.3, -0.25) is 14.9 Å². The number of carbonyl (C=O) groups excluding carboxylic acids is 2. The van der Waals surface area contributed by atoms with Gasteiger partial charge in [-0.25, -0.2) is 0 Å². The normalized spacial score (nSPS) is 15.4. The minimum absolute atomic E-state index is 0.365. The maximum absolute atomic E-state index is 12.2. The van der Waals surface area contributed by atoms with Crippen molar-refractivity contribution in [1.82, 2.24) is 5.32 Å². The lowest BCUT2D eigenvalue weighted by molar-refractivity contribution is -0.114. The number of hydrogen-bond donors (Lipinski definition) is 1. The van der Waals surface area contributed by atoms with E-state index in [0.717, 1.165) is 5.56 Å². The summed E-state index contributed by atoms with van der Waals surface area (Å²) in [6, 6.07) is 14.6. The molecular weight excluding hydrogens is 278 g/mol. The summed E-state index contributed by atoms with van der Waals surface area (Å²) in [6.07, 6.45) is 1.76. The zero-order valence-electron chi connectivity index (χ0n) is 12.1. The number of amides is 2. The predicted molar refractivity (Wildman–Crippen MR) is 84.4 cm³/mol. The maximum Gasteiger partial charge on any atom is 0.258 e. The maximum atomic E-state index is 12.2. The molecule has 0 radical (unpaired) electrons. The lowest BCUT2D eigenvalue weighted by Gasteiger charge is -2.18. The summed E-state index contributed by atoms with van der Waals surface area (Å²) in [7, 11) is 0. The number of carbonyl (C=O) groups is 2. The first-order chi connectivity index (χ1) is 10.7. The van der Waals surface area contributed by atoms with Gasteiger partial charge in [0.05, 0.1) is 6.61 Å². The lowest BCUT2D eigenvalue weighted by Crippen LogP contribution is -2.36. The first-order valence-electron chi connectivity index (χ1n) is 7.09. The van der Waals surface area contributed by atoms with Gasteiger partial charge >= 0.3 is 0 Å². The average molecular weight is 293 g/mol. The highest BCUT2D eigenvalue weighted by molar-refractivity contribution is 6.34. The molecule has 0 saturated carbocycles. The Labute approximate surface area is 128 Å². The Morgan fingerprint density at radius 3 is 2.41 bits per heavy atom. The SMILES string of the molecule is CCOc1ccccc1/C=C1\C(=O)NC(=O)c2ccccc21. The van der Waals surface area contributed by atoms with Crippen molar-refractivity contribution in [3.8, 4) is 5.75 Å². The molecule has 2 amide bonds. The Kier molecular flexibility index (Phi) is 3.74. The van der Waals surface area contributed by atoms with Crippen molar-refractivity contribution in [3.05, 3.63) is 65.2 Å². The quantitative estimate of drug-likeness (QED) is 0.699. The number of ether oxygens (including phenoxy) is 1. The molecule has 1 N–H and O–H groups in total. The van der Waals surface area contributed by atoms with Gasteiger partial charge < -0.3 is 4.74 Å². The van der Waals surface area contributed by atoms with E-state index in [1.807, 2.05) is 37.3 Å². The molecule has 1 aliphatic rings. The number of nitrogens with one attached hydrogen (secondary N) is 1. The van der Waals surface area contributed by atoms with Crippen LogP contribution < -0.4 is 10.1 Å². The van der Waals surface area contributed by atoms with E-state index in [4.69, 9.17) is 4.74 Å². The van der Waals surface area contributed by atoms with Crippen LogP contribution in [-0.2, 0) is 4.79 Å². The highest BCUT2D eigenvalue weighted by atomic mass is 16.5. The first-order valence-corrected chi connectivity index (χ1v) is 7.09. The fourth-order valence-corrected chi connectivity index (χ4v) is 2.46. The molecule has 0 spiro atoms. The third-order valence-electron chi connectivity index (χ3n) is 3.45. The monoisotopic (exact) mass is 293 g/mol. The minimum Gasteiger partial charge on any atom is -0.493 e. The molecular formula is C18H15NO3. The number of fused-ring (bicyclic) bond motifs is 1. The second kappa shape index (κ2) is 5.85. The van der Waals surface area contributed by atoms with Crippen LogP contribution in [0.5, 0.6) is 5.75 Å². The molecule has 2 aromatic rings. The van der Waals surface area contributed by atoms with Gasteiger partial charge in [-0.15, -0.1) is 0 Å². The van der Waals surface area contributed by atoms with Crippen molar-refractivity contribution in [2.45, 2.75) is 6.92 Å². The third kappa shape index (κ3) is 2.51. The molecule has 2 aromatic carbocycles. The van der Waals surface area contributed by atoms with Crippen LogP contribution in [0.1, 0.15) is 28.4 Å². The molecule has 0 atom stereocenters. The van der Waals surface area contributed by atoms with Crippen molar-refractivity contribution < 1.29 is 14.3 Å². The van der Waals surface area contributed by atoms with Crippen LogP contribution in [0.25, 0.3) is 11.6 Å². The standard InChI is InChI=1S/C18H15NO3/c1-2-22-16-10-6-3-7-12(16)11-15-13-8-4-5-9-14(13)17(20)19-18(15)21/h3-11H,2H2,1H3,(H,19,20,21)/b15-11-. The Balaban J connectivity index is 2.13. The van der Waals surface area contributed by atoms with E-state index < -0.39 is 5.91 Å². The van der Waals surface area contributed by atoms with E-state index in [-0.39, 0.29) is 5.91 Å². The van der Waals surface area contributed by atoms with Crippen LogP contribution in [0, 0.1) is 0 Å². The third-order valence-corrected chi connectivity index (χ3v) is 3.45. The molecule has 4 heteroatoms. The lowest BCUT2D eigenvalue weighted by atomic mass is 9.93. The summed E-state index contributed by atoms with van der Waals surface area (Å²) in [4.78, 5) is 24.1. The van der Waals surface area contributed by atoms with Gasteiger partial charge in [0.1, 0.15) is 5.75 Å². The van der Waals surface area contributed by atoms with E-state index in [1.165, 1.54) is 0 Å². The van der Waals surface area contributed by atoms with E-state index in [1.54, 1.807) is 24.3 Å². The largest absolute Gasteiger partial charge is 0.493 e. The second-order valence-corrected chi connectivity index (χ2v) is 4.86. The molecule has 0 aromatic heterocycles. The first kappa shape index (κ1) is 14.1. The summed E-state index contributed by atoms with van der Waals surface area (Å²) in [5.41, 5.74) is 2.41. The van der Waals surface area contributed by atoms with Crippen LogP contribution >= 0.6 is 0 Å². The number of para-hydroxylation sites is 1. The van der Waals surface area contributed by atoms with Crippen LogP contribution in [-0.4, -0.2) is 18.4 Å². The van der Waals surface area contributed by atoms with Gasteiger partial charge in [0.2, 0.25) is 0 Å². The molecule has 1 heterocycles. The van der Waals surface area contributed by atoms with Gasteiger partial charge in [0.15, 0.2) is 0 Å². The van der Waals surface area contributed by atoms with Gasteiger partial charge in [-0.1, -0.05) is 36.4 Å². The van der Waals surface area contributed by atoms with E-state index in [9.17, 15) is 9.59 Å². The van der Waals surface area contributed by atoms with Crippen LogP contribution in [0.3, 0.4) is 0 Å². The minimum atomic E-state index is -0.394. The summed E-state index contributed by atoms with van der Waals surface area (Å²) >= 11 is 0. The molecule has 0 unspecified atom stereocenters. The number of imide groups is 1. The van der Waals surface area contributed by atoms with Crippen molar-refractivity contribution >= 4 is 23.5 Å². The van der Waals surface area contributed by atoms with E-state index in [2.05, 4.69) is 5.32 Å². The van der Waals surface area contributed by atoms with Crippen LogP contribution in [0.4, 0.5) is 0 Å². The van der Waals surface area contributed by atoms with Crippen molar-refractivity contribution in [1.29, 1.82) is 0 Å². The van der Waals surface area contributed by atoms with Gasteiger partial charge in [0, 0.05) is 16.7 Å². The topological polar surface area (TPSA) is 55.4 Å². The highest BCUT2D eigenvalue weighted by Gasteiger charge is 2.26. The highest BCUT2D eigenvalue weighted by Crippen LogP contribution is 2.29. The predicted octanol–water partition coefficient (Wildman–Crippen LogP) is 2.90. The molecule has 0 bridgehead atoms. The Bertz CT molecular complexity index is 777.